The molecule has 0 aromatic carbocycles. The molecule has 0 aromatic heterocycles. The van der Waals surface area contributed by atoms with Crippen LogP contribution in [0.2, 0.25) is 0 Å². The normalized spacial score (nSPS) is 13.2. The third-order valence-corrected chi connectivity index (χ3v) is 9.62. The van der Waals surface area contributed by atoms with E-state index in [1.165, 1.54) is 0 Å². The molecule has 0 fully saturated rings. The summed E-state index contributed by atoms with van der Waals surface area (Å²) < 4.78 is 257. The van der Waals surface area contributed by atoms with E-state index in [2.05, 4.69) is 5.32 Å². The third-order valence-electron chi connectivity index (χ3n) is 7.73. The van der Waals surface area contributed by atoms with Crippen molar-refractivity contribution in [1.29, 1.82) is 0 Å². The van der Waals surface area contributed by atoms with Gasteiger partial charge in [-0.2, -0.15) is 78.9 Å². The van der Waals surface area contributed by atoms with Gasteiger partial charge in [-0.05, 0) is 0 Å². The van der Waals surface area contributed by atoms with Crippen molar-refractivity contribution in [2.45, 2.75) is 47.0 Å². The molecule has 0 rings (SSSR count). The summed E-state index contributed by atoms with van der Waals surface area (Å²) in [5, 5.41) is 49.4. The predicted octanol–water partition coefficient (Wildman–Crippen LogP) is -20.1. The molecule has 0 saturated carbocycles. The number of halogens is 17. The topological polar surface area (TPSA) is 260 Å². The van der Waals surface area contributed by atoms with Crippen LogP contribution in [0.3, 0.4) is 0 Å². The molecule has 0 bridgehead atoms. The fraction of sp³-hybridized carbons (Fsp3) is 0.808. The van der Waals surface area contributed by atoms with Crippen LogP contribution in [0.1, 0.15) is 0 Å². The Morgan fingerprint density at radius 1 is 0.394 bits per heavy atom. The number of nitrogens with zero attached hydrogens (tertiary/aromatic N) is 4. The summed E-state index contributed by atoms with van der Waals surface area (Å²) in [4.78, 5) is 57.3. The Balaban J connectivity index is -0.00000180. The number of carboxylic acid groups (broad SMARTS) is 5. The van der Waals surface area contributed by atoms with Crippen molar-refractivity contribution in [2.75, 3.05) is 85.1 Å². The Bertz CT molecular complexity index is 1700. The maximum absolute atomic E-state index is 14.9. The maximum Gasteiger partial charge on any atom is 1.00 e. The minimum atomic E-state index is -9.18. The number of carbonyl (C=O) groups excluding carboxylic acids is 5. The third kappa shape index (κ3) is 21.3. The molecule has 0 saturated heterocycles. The Morgan fingerprint density at radius 2 is 0.667 bits per heavy atom. The first-order valence-electron chi connectivity index (χ1n) is 15.7. The van der Waals surface area contributed by atoms with Gasteiger partial charge in [0.25, 0.3) is 10.0 Å². The van der Waals surface area contributed by atoms with E-state index in [1.54, 1.807) is 0 Å². The molecule has 358 valence electrons. The van der Waals surface area contributed by atoms with Crippen molar-refractivity contribution in [3.63, 3.8) is 0 Å². The van der Waals surface area contributed by atoms with E-state index < -0.39 is 163 Å². The first-order chi connectivity index (χ1) is 27.1. The summed E-state index contributed by atoms with van der Waals surface area (Å²) in [6.07, 6.45) is -8.06. The van der Waals surface area contributed by atoms with Crippen LogP contribution in [-0.2, 0) is 34.0 Å². The second-order valence-corrected chi connectivity index (χ2v) is 14.1. The summed E-state index contributed by atoms with van der Waals surface area (Å²) in [6.45, 7) is -14.1. The molecular weight excluding hydrogens is 1120 g/mol. The molecule has 0 aliphatic heterocycles. The standard InChI is InChI=1S/C26H32F17N5O12S.5K/c27-19(28,21(31,32)23(35,36)25(39,40)41)20(29,30)22(33,34)24(37,38)26(42,43)61(59,60)48(13-18(57)58)8-7-47(12-17(55)56)6-5-46(11-16(53)54)4-3-45(10-15(51)52)2-1-44-9-14(49)50;;;;;/h44H,1-13H2,(H,49,50)(H,51,52)(H,53,54)(H,55,56)(H,57,58);;;;;/q;5*+1/p-5. The van der Waals surface area contributed by atoms with Gasteiger partial charge < -0.3 is 54.8 Å². The van der Waals surface area contributed by atoms with Crippen LogP contribution < -0.4 is 288 Å². The molecular formula is C26H27F17K5N5O12S. The number of hydrogen-bond donors (Lipinski definition) is 1. The Morgan fingerprint density at radius 3 is 0.955 bits per heavy atom. The van der Waals surface area contributed by atoms with Gasteiger partial charge in [-0.15, -0.1) is 0 Å². The van der Waals surface area contributed by atoms with E-state index in [9.17, 15) is 133 Å². The molecule has 0 atom stereocenters. The molecule has 0 unspecified atom stereocenters. The zero-order valence-electron chi connectivity index (χ0n) is 34.7. The van der Waals surface area contributed by atoms with Gasteiger partial charge >= 0.3 is 304 Å². The van der Waals surface area contributed by atoms with Crippen LogP contribution in [0.4, 0.5) is 74.6 Å². The van der Waals surface area contributed by atoms with Crippen LogP contribution in [-0.4, -0.2) is 189 Å². The number of rotatable bonds is 30. The van der Waals surface area contributed by atoms with Crippen LogP contribution in [0.15, 0.2) is 0 Å². The summed E-state index contributed by atoms with van der Waals surface area (Å²) in [5.41, 5.74) is 0. The molecule has 0 radical (unpaired) electrons. The largest absolute Gasteiger partial charge is 1.00 e. The van der Waals surface area contributed by atoms with Gasteiger partial charge in [-0.1, -0.05) is 0 Å². The average Bonchev–Trinajstić information content (AvgIpc) is 3.06. The molecule has 0 aliphatic carbocycles. The van der Waals surface area contributed by atoms with E-state index >= 15 is 0 Å². The number of sulfonamides is 1. The van der Waals surface area contributed by atoms with Gasteiger partial charge in [0.2, 0.25) is 0 Å². The molecule has 17 nitrogen and oxygen atoms in total. The van der Waals surface area contributed by atoms with Gasteiger partial charge in [0.15, 0.2) is 0 Å². The van der Waals surface area contributed by atoms with Crippen molar-refractivity contribution in [2.24, 2.45) is 0 Å². The quantitative estimate of drug-likeness (QED) is 0.0398. The van der Waals surface area contributed by atoms with Gasteiger partial charge in [0.1, 0.15) is 0 Å². The monoisotopic (exact) mass is 1150 g/mol. The van der Waals surface area contributed by atoms with E-state index in [1.807, 2.05) is 0 Å². The van der Waals surface area contributed by atoms with Gasteiger partial charge in [0, 0.05) is 78.5 Å². The van der Waals surface area contributed by atoms with Crippen LogP contribution in [0.25, 0.3) is 0 Å². The van der Waals surface area contributed by atoms with Gasteiger partial charge in [0.05, 0.1) is 36.4 Å². The zero-order chi connectivity index (χ0) is 48.6. The molecule has 0 aromatic rings. The molecule has 1 N–H and O–H groups in total. The molecule has 0 aliphatic rings. The van der Waals surface area contributed by atoms with Gasteiger partial charge in [-0.25, -0.2) is 8.42 Å². The van der Waals surface area contributed by atoms with Crippen LogP contribution >= 0.6 is 0 Å². The summed E-state index contributed by atoms with van der Waals surface area (Å²) in [7, 11) is -8.17. The summed E-state index contributed by atoms with van der Waals surface area (Å²) >= 11 is 0. The molecule has 66 heavy (non-hydrogen) atoms. The van der Waals surface area contributed by atoms with E-state index in [0.29, 0.717) is 0 Å². The molecule has 0 amide bonds. The van der Waals surface area contributed by atoms with Crippen molar-refractivity contribution in [3.05, 3.63) is 0 Å². The smallest absolute Gasteiger partial charge is 0.549 e. The summed E-state index contributed by atoms with van der Waals surface area (Å²) in [6, 6.07) is 0. The number of nitrogens with one attached hydrogen (secondary N) is 1. The van der Waals surface area contributed by atoms with Crippen molar-refractivity contribution >= 4 is 39.9 Å². The SMILES string of the molecule is O=C([O-])CNCCN(CCN(CCN(CCN(CC(=O)[O-])S(=O)(=O)C(F)(F)C(F)(F)C(F)(F)C(F)(F)C(F)(F)C(F)(F)C(F)(F)C(F)(F)F)CC(=O)[O-])CC(=O)[O-])CC(=O)[O-].[K+].[K+].[K+].[K+].[K+]. The van der Waals surface area contributed by atoms with E-state index in [4.69, 9.17) is 0 Å². The Labute approximate surface area is 573 Å². The van der Waals surface area contributed by atoms with Crippen LogP contribution in [0, 0.1) is 0 Å². The maximum atomic E-state index is 14.9. The summed E-state index contributed by atoms with van der Waals surface area (Å²) in [5.74, 6) is -64.0. The molecule has 0 heterocycles. The second-order valence-electron chi connectivity index (χ2n) is 12.2. The predicted molar refractivity (Wildman–Crippen MR) is 148 cm³/mol. The number of hydrogen-bond acceptors (Lipinski definition) is 16. The number of aliphatic carboxylic acids is 5. The van der Waals surface area contributed by atoms with Crippen molar-refractivity contribution < 1.29 is 389 Å². The van der Waals surface area contributed by atoms with Gasteiger partial charge in [-0.3, -0.25) is 14.7 Å². The second kappa shape index (κ2) is 32.6. The number of carboxylic acids is 5. The van der Waals surface area contributed by atoms with Crippen LogP contribution in [0.5, 0.6) is 0 Å². The minimum absolute atomic E-state index is 0. The zero-order valence-corrected chi connectivity index (χ0v) is 51.1. The van der Waals surface area contributed by atoms with E-state index in [-0.39, 0.29) is 275 Å². The first-order valence-corrected chi connectivity index (χ1v) is 17.1. The average molecular weight is 1150 g/mol. The molecule has 0 spiro atoms. The Hall–Kier alpha value is 4.09. The van der Waals surface area contributed by atoms with E-state index in [0.717, 1.165) is 9.80 Å². The Kier molecular flexibility index (Phi) is 40.3. The number of carbonyl (C=O) groups is 5. The van der Waals surface area contributed by atoms with Crippen molar-refractivity contribution in [3.8, 4) is 0 Å². The first kappa shape index (κ1) is 81.5. The molecule has 40 heteroatoms. The minimum Gasteiger partial charge on any atom is -0.549 e. The van der Waals surface area contributed by atoms with Crippen molar-refractivity contribution in [1.82, 2.24) is 24.3 Å². The number of alkyl halides is 17. The fourth-order valence-corrected chi connectivity index (χ4v) is 5.88. The fourth-order valence-electron chi connectivity index (χ4n) is 4.51.